The topological polar surface area (TPSA) is 98.6 Å². The first-order chi connectivity index (χ1) is 14.2. The first-order valence-electron chi connectivity index (χ1n) is 9.98. The van der Waals surface area contributed by atoms with Gasteiger partial charge < -0.3 is 4.90 Å². The highest BCUT2D eigenvalue weighted by Gasteiger charge is 2.43. The third kappa shape index (κ3) is 4.03. The molecule has 2 amide bonds. The van der Waals surface area contributed by atoms with E-state index in [1.807, 2.05) is 30.3 Å². The molecule has 1 aromatic rings. The number of sulfone groups is 1. The summed E-state index contributed by atoms with van der Waals surface area (Å²) in [6.07, 6.45) is 1.85. The number of benzene rings is 1. The smallest absolute Gasteiger partial charge is 0.271 e. The van der Waals surface area contributed by atoms with Crippen LogP contribution < -0.4 is 4.90 Å². The molecular weight excluding hydrogens is 402 g/mol. The number of amides is 2. The van der Waals surface area contributed by atoms with Crippen LogP contribution in [-0.2, 0) is 19.4 Å². The highest BCUT2D eigenvalue weighted by Crippen LogP contribution is 2.31. The first-order valence-corrected chi connectivity index (χ1v) is 11.8. The molecule has 7 nitrogen and oxygen atoms in total. The molecule has 0 radical (unpaired) electrons. The fraction of sp³-hybridized carbons (Fsp3) is 0.409. The Bertz CT molecular complexity index is 1070. The summed E-state index contributed by atoms with van der Waals surface area (Å²) in [6.45, 7) is 7.49. The summed E-state index contributed by atoms with van der Waals surface area (Å²) in [5.74, 6) is -1.58. The second-order valence-electron chi connectivity index (χ2n) is 7.47. The lowest BCUT2D eigenvalue weighted by Crippen LogP contribution is -2.49. The second-order valence-corrected chi connectivity index (χ2v) is 9.70. The second kappa shape index (κ2) is 8.44. The van der Waals surface area contributed by atoms with Gasteiger partial charge in [-0.15, -0.1) is 0 Å². The number of nitriles is 1. The summed E-state index contributed by atoms with van der Waals surface area (Å²) in [5.41, 5.74) is 2.27. The molecule has 3 rings (SSSR count). The number of imide groups is 1. The highest BCUT2D eigenvalue weighted by atomic mass is 32.2. The Labute approximate surface area is 177 Å². The van der Waals surface area contributed by atoms with Crippen molar-refractivity contribution in [2.45, 2.75) is 33.2 Å². The number of rotatable bonds is 5. The molecule has 1 saturated heterocycles. The molecule has 30 heavy (non-hydrogen) atoms. The number of nitrogens with zero attached hydrogens (tertiary/aromatic N) is 3. The molecule has 0 spiro atoms. The van der Waals surface area contributed by atoms with Crippen LogP contribution in [0.1, 0.15) is 32.8 Å². The van der Waals surface area contributed by atoms with Crippen molar-refractivity contribution in [3.63, 3.8) is 0 Å². The molecule has 8 heteroatoms. The van der Waals surface area contributed by atoms with E-state index in [0.29, 0.717) is 5.57 Å². The lowest BCUT2D eigenvalue weighted by atomic mass is 9.92. The van der Waals surface area contributed by atoms with Gasteiger partial charge in [0.25, 0.3) is 11.8 Å². The minimum absolute atomic E-state index is 0.0643. The highest BCUT2D eigenvalue weighted by molar-refractivity contribution is 7.91. The third-order valence-corrected chi connectivity index (χ3v) is 7.43. The fourth-order valence-electron chi connectivity index (χ4n) is 3.95. The molecule has 2 aliphatic heterocycles. The maximum Gasteiger partial charge on any atom is 0.271 e. The Morgan fingerprint density at radius 3 is 2.30 bits per heavy atom. The molecule has 1 aromatic carbocycles. The Hall–Kier alpha value is -2.92. The lowest BCUT2D eigenvalue weighted by molar-refractivity contribution is -0.142. The summed E-state index contributed by atoms with van der Waals surface area (Å²) >= 11 is 0. The Morgan fingerprint density at radius 1 is 1.17 bits per heavy atom. The number of carbonyl (C=O) groups excluding carboxylic acids is 2. The monoisotopic (exact) mass is 427 g/mol. The molecule has 2 aliphatic rings. The average molecular weight is 428 g/mol. The summed E-state index contributed by atoms with van der Waals surface area (Å²) in [6, 6.07) is 8.85. The third-order valence-electron chi connectivity index (χ3n) is 5.68. The number of hydrogen-bond donors (Lipinski definition) is 0. The Morgan fingerprint density at radius 2 is 1.80 bits per heavy atom. The van der Waals surface area contributed by atoms with Crippen LogP contribution in [0.3, 0.4) is 0 Å². The quantitative estimate of drug-likeness (QED) is 0.528. The van der Waals surface area contributed by atoms with Crippen molar-refractivity contribution in [1.29, 1.82) is 5.26 Å². The van der Waals surface area contributed by atoms with Crippen molar-refractivity contribution in [3.05, 3.63) is 46.5 Å². The predicted molar refractivity (Wildman–Crippen MR) is 115 cm³/mol. The van der Waals surface area contributed by atoms with Gasteiger partial charge in [-0.05, 0) is 56.5 Å². The van der Waals surface area contributed by atoms with Crippen molar-refractivity contribution < 1.29 is 18.0 Å². The lowest BCUT2D eigenvalue weighted by Gasteiger charge is -2.31. The standard InChI is InChI=1S/C22H25N3O4S/c1-4-24(5-2)17-8-6-16(7-9-17)12-19-15(3)20(13-23)22(27)25(21(19)26)18-10-11-30(28,29)14-18/h6-9,12,18H,4-5,10-11,14H2,1-3H3/b19-12+/t18-/m0/s1. The van der Waals surface area contributed by atoms with Gasteiger partial charge in [0.1, 0.15) is 11.6 Å². The molecule has 0 aliphatic carbocycles. The van der Waals surface area contributed by atoms with Gasteiger partial charge in [-0.2, -0.15) is 5.26 Å². The van der Waals surface area contributed by atoms with Crippen molar-refractivity contribution in [1.82, 2.24) is 4.90 Å². The van der Waals surface area contributed by atoms with Gasteiger partial charge in [-0.25, -0.2) is 8.42 Å². The molecule has 0 bridgehead atoms. The fourth-order valence-corrected chi connectivity index (χ4v) is 5.65. The Kier molecular flexibility index (Phi) is 6.13. The van der Waals surface area contributed by atoms with E-state index < -0.39 is 27.7 Å². The van der Waals surface area contributed by atoms with Gasteiger partial charge in [0, 0.05) is 24.4 Å². The predicted octanol–water partition coefficient (Wildman–Crippen LogP) is 2.31. The summed E-state index contributed by atoms with van der Waals surface area (Å²) in [7, 11) is -3.29. The van der Waals surface area contributed by atoms with E-state index in [0.717, 1.165) is 29.2 Å². The van der Waals surface area contributed by atoms with E-state index in [9.17, 15) is 23.3 Å². The summed E-state index contributed by atoms with van der Waals surface area (Å²) < 4.78 is 23.8. The van der Waals surface area contributed by atoms with E-state index >= 15 is 0 Å². The van der Waals surface area contributed by atoms with Crippen LogP contribution in [0.5, 0.6) is 0 Å². The molecule has 158 valence electrons. The number of hydrogen-bond acceptors (Lipinski definition) is 6. The van der Waals surface area contributed by atoms with Crippen LogP contribution in [0.4, 0.5) is 5.69 Å². The zero-order valence-electron chi connectivity index (χ0n) is 17.4. The minimum Gasteiger partial charge on any atom is -0.372 e. The van der Waals surface area contributed by atoms with E-state index in [1.165, 1.54) is 0 Å². The molecule has 0 aromatic heterocycles. The summed E-state index contributed by atoms with van der Waals surface area (Å²) in [4.78, 5) is 29.1. The molecule has 0 N–H and O–H groups in total. The van der Waals surface area contributed by atoms with Crippen LogP contribution in [0.15, 0.2) is 41.0 Å². The van der Waals surface area contributed by atoms with Crippen LogP contribution in [0.25, 0.3) is 6.08 Å². The van der Waals surface area contributed by atoms with Crippen LogP contribution >= 0.6 is 0 Å². The Balaban J connectivity index is 2.00. The van der Waals surface area contributed by atoms with Gasteiger partial charge >= 0.3 is 0 Å². The first kappa shape index (κ1) is 21.8. The number of anilines is 1. The number of carbonyl (C=O) groups is 2. The van der Waals surface area contributed by atoms with Crippen LogP contribution in [0, 0.1) is 11.3 Å². The normalized spacial score (nSPS) is 22.5. The average Bonchev–Trinajstić information content (AvgIpc) is 3.07. The molecule has 0 unspecified atom stereocenters. The van der Waals surface area contributed by atoms with Gasteiger partial charge in [0.15, 0.2) is 9.84 Å². The minimum atomic E-state index is -3.29. The zero-order valence-corrected chi connectivity index (χ0v) is 18.2. The van der Waals surface area contributed by atoms with Crippen LogP contribution in [0.2, 0.25) is 0 Å². The van der Waals surface area contributed by atoms with Gasteiger partial charge in [-0.3, -0.25) is 14.5 Å². The zero-order chi connectivity index (χ0) is 22.1. The van der Waals surface area contributed by atoms with E-state index in [1.54, 1.807) is 13.0 Å². The van der Waals surface area contributed by atoms with E-state index in [4.69, 9.17) is 0 Å². The SMILES string of the molecule is CCN(CC)c1ccc(/C=C2/C(=O)N([C@H]3CCS(=O)(=O)C3)C(=O)C(C#N)=C2C)cc1. The molecule has 1 fully saturated rings. The van der Waals surface area contributed by atoms with Crippen molar-refractivity contribution >= 4 is 33.4 Å². The largest absolute Gasteiger partial charge is 0.372 e. The maximum atomic E-state index is 13.2. The van der Waals surface area contributed by atoms with Gasteiger partial charge in [-0.1, -0.05) is 12.1 Å². The maximum absolute atomic E-state index is 13.2. The van der Waals surface area contributed by atoms with Crippen molar-refractivity contribution in [2.75, 3.05) is 29.5 Å². The van der Waals surface area contributed by atoms with Gasteiger partial charge in [0.05, 0.1) is 17.5 Å². The van der Waals surface area contributed by atoms with E-state index in [-0.39, 0.29) is 29.1 Å². The molecule has 0 saturated carbocycles. The summed E-state index contributed by atoms with van der Waals surface area (Å²) in [5, 5.41) is 9.50. The van der Waals surface area contributed by atoms with Gasteiger partial charge in [0.2, 0.25) is 0 Å². The van der Waals surface area contributed by atoms with Crippen LogP contribution in [-0.4, -0.2) is 55.8 Å². The van der Waals surface area contributed by atoms with Crippen molar-refractivity contribution in [2.24, 2.45) is 0 Å². The molecular formula is C22H25N3O4S. The molecule has 1 atom stereocenters. The van der Waals surface area contributed by atoms with Crippen molar-refractivity contribution in [3.8, 4) is 6.07 Å². The van der Waals surface area contributed by atoms with E-state index in [2.05, 4.69) is 18.7 Å². The molecule has 2 heterocycles.